The summed E-state index contributed by atoms with van der Waals surface area (Å²) in [4.78, 5) is 19.1. The van der Waals surface area contributed by atoms with Gasteiger partial charge in [0.1, 0.15) is 0 Å². The standard InChI is InChI=1S/C14H20N6O/c1-10(2)21-14-18-12(15-3)17-13(19-14)20(4)9-11-7-5-6-8-16-11/h5-8,10H,9H2,1-4H3,(H,15,17,18,19). The van der Waals surface area contributed by atoms with Crippen LogP contribution in [0.2, 0.25) is 0 Å². The molecule has 7 heteroatoms. The normalized spacial score (nSPS) is 10.5. The van der Waals surface area contributed by atoms with Gasteiger partial charge in [-0.3, -0.25) is 4.98 Å². The molecule has 21 heavy (non-hydrogen) atoms. The molecule has 0 aromatic carbocycles. The SMILES string of the molecule is CNc1nc(OC(C)C)nc(N(C)Cc2ccccn2)n1. The lowest BCUT2D eigenvalue weighted by molar-refractivity contribution is 0.222. The van der Waals surface area contributed by atoms with E-state index in [4.69, 9.17) is 4.74 Å². The molecule has 0 saturated carbocycles. The summed E-state index contributed by atoms with van der Waals surface area (Å²) in [5, 5.41) is 2.92. The lowest BCUT2D eigenvalue weighted by Crippen LogP contribution is -2.21. The Hall–Kier alpha value is -2.44. The summed E-state index contributed by atoms with van der Waals surface area (Å²) in [6.07, 6.45) is 1.77. The van der Waals surface area contributed by atoms with E-state index in [1.807, 2.05) is 44.0 Å². The fourth-order valence-electron chi connectivity index (χ4n) is 1.70. The van der Waals surface area contributed by atoms with Crippen LogP contribution in [0.25, 0.3) is 0 Å². The van der Waals surface area contributed by atoms with E-state index in [0.29, 0.717) is 24.5 Å². The molecule has 7 nitrogen and oxygen atoms in total. The predicted octanol–water partition coefficient (Wildman–Crippen LogP) is 1.73. The quantitative estimate of drug-likeness (QED) is 0.867. The van der Waals surface area contributed by atoms with Crippen molar-refractivity contribution in [3.63, 3.8) is 0 Å². The highest BCUT2D eigenvalue weighted by atomic mass is 16.5. The number of nitrogens with one attached hydrogen (secondary N) is 1. The highest BCUT2D eigenvalue weighted by Gasteiger charge is 2.12. The molecule has 112 valence electrons. The molecule has 1 N–H and O–H groups in total. The second kappa shape index (κ2) is 6.83. The Morgan fingerprint density at radius 2 is 2.05 bits per heavy atom. The number of anilines is 2. The van der Waals surface area contributed by atoms with Gasteiger partial charge in [-0.15, -0.1) is 0 Å². The zero-order valence-electron chi connectivity index (χ0n) is 12.7. The third-order valence-electron chi connectivity index (χ3n) is 2.63. The maximum absolute atomic E-state index is 5.55. The topological polar surface area (TPSA) is 76.1 Å². The van der Waals surface area contributed by atoms with Crippen LogP contribution < -0.4 is 15.0 Å². The van der Waals surface area contributed by atoms with Gasteiger partial charge in [0.15, 0.2) is 0 Å². The Morgan fingerprint density at radius 1 is 1.24 bits per heavy atom. The van der Waals surface area contributed by atoms with Crippen LogP contribution in [0.15, 0.2) is 24.4 Å². The zero-order valence-corrected chi connectivity index (χ0v) is 12.7. The fourth-order valence-corrected chi connectivity index (χ4v) is 1.70. The van der Waals surface area contributed by atoms with E-state index in [9.17, 15) is 0 Å². The molecule has 0 aliphatic carbocycles. The highest BCUT2D eigenvalue weighted by Crippen LogP contribution is 2.16. The van der Waals surface area contributed by atoms with Crippen molar-refractivity contribution >= 4 is 11.9 Å². The second-order valence-corrected chi connectivity index (χ2v) is 4.84. The summed E-state index contributed by atoms with van der Waals surface area (Å²) in [5.74, 6) is 1.01. The van der Waals surface area contributed by atoms with Crippen molar-refractivity contribution in [2.45, 2.75) is 26.5 Å². The maximum Gasteiger partial charge on any atom is 0.323 e. The third-order valence-corrected chi connectivity index (χ3v) is 2.63. The van der Waals surface area contributed by atoms with Gasteiger partial charge in [-0.25, -0.2) is 0 Å². The third kappa shape index (κ3) is 4.27. The van der Waals surface area contributed by atoms with Crippen molar-refractivity contribution in [3.8, 4) is 6.01 Å². The Bertz CT molecular complexity index is 575. The monoisotopic (exact) mass is 288 g/mol. The van der Waals surface area contributed by atoms with E-state index in [1.54, 1.807) is 13.2 Å². The zero-order chi connectivity index (χ0) is 15.2. The van der Waals surface area contributed by atoms with E-state index in [-0.39, 0.29) is 6.10 Å². The van der Waals surface area contributed by atoms with Crippen LogP contribution >= 0.6 is 0 Å². The number of nitrogens with zero attached hydrogens (tertiary/aromatic N) is 5. The van der Waals surface area contributed by atoms with E-state index >= 15 is 0 Å². The van der Waals surface area contributed by atoms with E-state index in [0.717, 1.165) is 5.69 Å². The molecule has 2 aromatic heterocycles. The summed E-state index contributed by atoms with van der Waals surface area (Å²) in [6.45, 7) is 4.47. The number of hydrogen-bond acceptors (Lipinski definition) is 7. The van der Waals surface area contributed by atoms with Crippen LogP contribution in [-0.2, 0) is 6.54 Å². The Morgan fingerprint density at radius 3 is 2.67 bits per heavy atom. The minimum absolute atomic E-state index is 0.00560. The van der Waals surface area contributed by atoms with Crippen LogP contribution in [0.3, 0.4) is 0 Å². The molecule has 0 fully saturated rings. The first-order valence-corrected chi connectivity index (χ1v) is 6.80. The molecular formula is C14H20N6O. The molecule has 0 amide bonds. The van der Waals surface area contributed by atoms with Crippen LogP contribution in [0.5, 0.6) is 6.01 Å². The van der Waals surface area contributed by atoms with Crippen LogP contribution in [0.1, 0.15) is 19.5 Å². The number of rotatable bonds is 6. The summed E-state index contributed by atoms with van der Waals surface area (Å²) < 4.78 is 5.55. The summed E-state index contributed by atoms with van der Waals surface area (Å²) in [5.41, 5.74) is 0.942. The van der Waals surface area contributed by atoms with Crippen molar-refractivity contribution in [2.75, 3.05) is 24.3 Å². The Kier molecular flexibility index (Phi) is 4.86. The molecule has 2 aromatic rings. The summed E-state index contributed by atoms with van der Waals surface area (Å²) in [6, 6.07) is 6.12. The summed E-state index contributed by atoms with van der Waals surface area (Å²) >= 11 is 0. The van der Waals surface area contributed by atoms with Crippen molar-refractivity contribution in [1.29, 1.82) is 0 Å². The van der Waals surface area contributed by atoms with Crippen molar-refractivity contribution in [2.24, 2.45) is 0 Å². The smallest absolute Gasteiger partial charge is 0.323 e. The molecule has 0 bridgehead atoms. The van der Waals surface area contributed by atoms with Gasteiger partial charge in [0, 0.05) is 20.3 Å². The highest BCUT2D eigenvalue weighted by molar-refractivity contribution is 5.37. The molecule has 0 atom stereocenters. The minimum Gasteiger partial charge on any atom is -0.461 e. The van der Waals surface area contributed by atoms with Gasteiger partial charge in [-0.05, 0) is 26.0 Å². The first kappa shape index (κ1) is 15.0. The van der Waals surface area contributed by atoms with Crippen LogP contribution in [-0.4, -0.2) is 40.1 Å². The average molecular weight is 288 g/mol. The van der Waals surface area contributed by atoms with E-state index in [2.05, 4.69) is 25.3 Å². The van der Waals surface area contributed by atoms with Crippen LogP contribution in [0, 0.1) is 0 Å². The van der Waals surface area contributed by atoms with Gasteiger partial charge in [-0.1, -0.05) is 6.07 Å². The molecule has 2 rings (SSSR count). The number of aromatic nitrogens is 4. The first-order chi connectivity index (χ1) is 10.1. The van der Waals surface area contributed by atoms with Gasteiger partial charge in [0.25, 0.3) is 0 Å². The minimum atomic E-state index is 0.00560. The van der Waals surface area contributed by atoms with Gasteiger partial charge < -0.3 is 15.0 Å². The number of ether oxygens (including phenoxy) is 1. The van der Waals surface area contributed by atoms with Gasteiger partial charge in [0.05, 0.1) is 18.3 Å². The second-order valence-electron chi connectivity index (χ2n) is 4.84. The lowest BCUT2D eigenvalue weighted by atomic mass is 10.3. The van der Waals surface area contributed by atoms with E-state index < -0.39 is 0 Å². The molecule has 0 saturated heterocycles. The van der Waals surface area contributed by atoms with E-state index in [1.165, 1.54) is 0 Å². The fraction of sp³-hybridized carbons (Fsp3) is 0.429. The molecule has 2 heterocycles. The number of hydrogen-bond donors (Lipinski definition) is 1. The predicted molar refractivity (Wildman–Crippen MR) is 81.5 cm³/mol. The van der Waals surface area contributed by atoms with Crippen LogP contribution in [0.4, 0.5) is 11.9 Å². The van der Waals surface area contributed by atoms with Gasteiger partial charge in [0.2, 0.25) is 11.9 Å². The van der Waals surface area contributed by atoms with Crippen molar-refractivity contribution < 1.29 is 4.74 Å². The molecule has 0 aliphatic rings. The van der Waals surface area contributed by atoms with Crippen molar-refractivity contribution in [1.82, 2.24) is 19.9 Å². The van der Waals surface area contributed by atoms with Gasteiger partial charge >= 0.3 is 6.01 Å². The average Bonchev–Trinajstić information content (AvgIpc) is 2.47. The Labute approximate surface area is 124 Å². The molecule has 0 radical (unpaired) electrons. The molecule has 0 aliphatic heterocycles. The first-order valence-electron chi connectivity index (χ1n) is 6.80. The molecule has 0 unspecified atom stereocenters. The number of pyridine rings is 1. The van der Waals surface area contributed by atoms with Gasteiger partial charge in [-0.2, -0.15) is 15.0 Å². The molecular weight excluding hydrogens is 268 g/mol. The maximum atomic E-state index is 5.55. The summed E-state index contributed by atoms with van der Waals surface area (Å²) in [7, 11) is 3.67. The largest absolute Gasteiger partial charge is 0.461 e. The Balaban J connectivity index is 2.21. The van der Waals surface area contributed by atoms with Crippen molar-refractivity contribution in [3.05, 3.63) is 30.1 Å². The molecule has 0 spiro atoms. The lowest BCUT2D eigenvalue weighted by Gasteiger charge is -2.18.